The molecule has 1 aliphatic rings. The first kappa shape index (κ1) is 38.2. The van der Waals surface area contributed by atoms with Crippen LogP contribution in [0.3, 0.4) is 0 Å². The second-order valence-electron chi connectivity index (χ2n) is 11.7. The number of anilines is 2. The molecule has 4 rings (SSSR count). The number of rotatable bonds is 21. The van der Waals surface area contributed by atoms with Gasteiger partial charge >= 0.3 is 0 Å². The van der Waals surface area contributed by atoms with Crippen LogP contribution in [0.25, 0.3) is 10.9 Å². The highest BCUT2D eigenvalue weighted by Gasteiger charge is 2.18. The smallest absolute Gasteiger partial charge is 0.243 e. The number of piperazine rings is 1. The summed E-state index contributed by atoms with van der Waals surface area (Å²) in [6.45, 7) is 8.42. The summed E-state index contributed by atoms with van der Waals surface area (Å²) in [6.07, 6.45) is 6.96. The number of benzene rings is 2. The van der Waals surface area contributed by atoms with E-state index in [9.17, 15) is 10.1 Å². The highest BCUT2D eigenvalue weighted by atomic mass is 35.5. The molecule has 0 atom stereocenters. The lowest BCUT2D eigenvalue weighted by Gasteiger charge is -2.34. The minimum absolute atomic E-state index is 0.0554. The van der Waals surface area contributed by atoms with Crippen molar-refractivity contribution in [3.8, 4) is 23.3 Å². The fourth-order valence-corrected chi connectivity index (χ4v) is 6.11. The molecular weight excluding hydrogens is 671 g/mol. The Bertz CT molecular complexity index is 1560. The van der Waals surface area contributed by atoms with Crippen molar-refractivity contribution in [2.45, 2.75) is 32.1 Å². The quantitative estimate of drug-likeness (QED) is 0.132. The van der Waals surface area contributed by atoms with E-state index in [1.807, 2.05) is 12.1 Å². The number of methoxy groups -OCH3 is 2. The Morgan fingerprint density at radius 1 is 0.857 bits per heavy atom. The molecule has 1 amide bonds. The van der Waals surface area contributed by atoms with E-state index >= 15 is 0 Å². The largest absolute Gasteiger partial charge is 0.495 e. The van der Waals surface area contributed by atoms with Crippen molar-refractivity contribution >= 4 is 51.4 Å². The Balaban J connectivity index is 1.19. The van der Waals surface area contributed by atoms with Gasteiger partial charge in [0.2, 0.25) is 5.91 Å². The molecule has 12 nitrogen and oxygen atoms in total. The maximum atomic E-state index is 10.6. The third-order valence-electron chi connectivity index (χ3n) is 8.25. The van der Waals surface area contributed by atoms with Crippen molar-refractivity contribution in [2.75, 3.05) is 91.8 Å². The van der Waals surface area contributed by atoms with E-state index in [0.29, 0.717) is 81.6 Å². The van der Waals surface area contributed by atoms with Crippen LogP contribution in [0.4, 0.5) is 11.4 Å². The van der Waals surface area contributed by atoms with Gasteiger partial charge in [0, 0.05) is 63.0 Å². The predicted molar refractivity (Wildman–Crippen MR) is 192 cm³/mol. The number of amides is 1. The fraction of sp³-hybridized carbons (Fsp3) is 0.514. The number of pyridine rings is 1. The SMILES string of the molecule is COc1cc(Nc2c(C#N)cnc3cc(OCCCN4CCN(CCCCCCOCCOCC(N)=O)CC4)c(OC)cc23)c(Cl)cc1Cl. The van der Waals surface area contributed by atoms with Crippen LogP contribution in [-0.4, -0.2) is 107 Å². The Morgan fingerprint density at radius 2 is 1.55 bits per heavy atom. The maximum absolute atomic E-state index is 10.6. The van der Waals surface area contributed by atoms with Gasteiger partial charge < -0.3 is 44.5 Å². The molecule has 1 aliphatic heterocycles. The van der Waals surface area contributed by atoms with Crippen LogP contribution in [0.1, 0.15) is 37.7 Å². The molecule has 266 valence electrons. The van der Waals surface area contributed by atoms with Crippen LogP contribution in [0, 0.1) is 11.3 Å². The number of primary amides is 1. The second kappa shape index (κ2) is 20.2. The zero-order valence-electron chi connectivity index (χ0n) is 28.3. The van der Waals surface area contributed by atoms with Crippen LogP contribution in [0.2, 0.25) is 10.0 Å². The number of nitrogens with one attached hydrogen (secondary N) is 1. The molecule has 2 aromatic carbocycles. The van der Waals surface area contributed by atoms with Crippen LogP contribution >= 0.6 is 23.2 Å². The second-order valence-corrected chi connectivity index (χ2v) is 12.5. The van der Waals surface area contributed by atoms with Crippen LogP contribution in [0.15, 0.2) is 30.5 Å². The lowest BCUT2D eigenvalue weighted by Crippen LogP contribution is -2.46. The van der Waals surface area contributed by atoms with E-state index in [1.165, 1.54) is 26.1 Å². The van der Waals surface area contributed by atoms with Crippen LogP contribution < -0.4 is 25.3 Å². The first-order valence-corrected chi connectivity index (χ1v) is 17.3. The van der Waals surface area contributed by atoms with Crippen molar-refractivity contribution in [1.29, 1.82) is 5.26 Å². The summed E-state index contributed by atoms with van der Waals surface area (Å²) < 4.78 is 27.8. The van der Waals surface area contributed by atoms with E-state index in [4.69, 9.17) is 52.6 Å². The average molecular weight is 718 g/mol. The number of nitriles is 1. The molecular formula is C35H46Cl2N6O6. The molecule has 1 saturated heterocycles. The van der Waals surface area contributed by atoms with Crippen LogP contribution in [0.5, 0.6) is 17.2 Å². The Kier molecular flexibility index (Phi) is 15.8. The molecule has 3 N–H and O–H groups in total. The predicted octanol–water partition coefficient (Wildman–Crippen LogP) is 5.64. The first-order chi connectivity index (χ1) is 23.8. The number of carbonyl (C=O) groups excluding carboxylic acids is 1. The van der Waals surface area contributed by atoms with Crippen molar-refractivity contribution in [2.24, 2.45) is 5.73 Å². The molecule has 49 heavy (non-hydrogen) atoms. The summed E-state index contributed by atoms with van der Waals surface area (Å²) in [6, 6.07) is 9.13. The number of unbranched alkanes of at least 4 members (excludes halogenated alkanes) is 3. The molecule has 0 spiro atoms. The summed E-state index contributed by atoms with van der Waals surface area (Å²) >= 11 is 12.7. The van der Waals surface area contributed by atoms with Gasteiger partial charge in [0.25, 0.3) is 0 Å². The normalized spacial score (nSPS) is 13.7. The minimum Gasteiger partial charge on any atom is -0.495 e. The number of aromatic nitrogens is 1. The first-order valence-electron chi connectivity index (χ1n) is 16.5. The lowest BCUT2D eigenvalue weighted by atomic mass is 10.1. The van der Waals surface area contributed by atoms with Crippen molar-refractivity contribution in [1.82, 2.24) is 14.8 Å². The number of fused-ring (bicyclic) bond motifs is 1. The van der Waals surface area contributed by atoms with E-state index < -0.39 is 5.91 Å². The fourth-order valence-electron chi connectivity index (χ4n) is 5.60. The molecule has 2 heterocycles. The minimum atomic E-state index is -0.462. The summed E-state index contributed by atoms with van der Waals surface area (Å²) in [4.78, 5) is 20.2. The number of hydrogen-bond donors (Lipinski definition) is 2. The van der Waals surface area contributed by atoms with Crippen molar-refractivity contribution in [3.05, 3.63) is 46.1 Å². The standard InChI is InChI=1S/C35H46Cl2N6O6/c1-45-31-21-30(27(36)19-28(31)37)41-35-25(22-38)23-40-29-20-33(32(46-2)18-26(29)35)49-15-7-9-43-12-10-42(11-13-43)8-5-3-4-6-14-47-16-17-48-24-34(39)44/h18-21,23H,3-17,24H2,1-2H3,(H2,39,44)(H,40,41). The van der Waals surface area contributed by atoms with Gasteiger partial charge in [0.1, 0.15) is 18.4 Å². The number of nitrogens with zero attached hydrogens (tertiary/aromatic N) is 4. The van der Waals surface area contributed by atoms with E-state index in [0.717, 1.165) is 58.5 Å². The summed E-state index contributed by atoms with van der Waals surface area (Å²) in [5.41, 5.74) is 7.08. The van der Waals surface area contributed by atoms with E-state index in [2.05, 4.69) is 26.2 Å². The molecule has 0 radical (unpaired) electrons. The molecule has 0 aliphatic carbocycles. The van der Waals surface area contributed by atoms with E-state index in [1.54, 1.807) is 19.2 Å². The Hall–Kier alpha value is -3.57. The maximum Gasteiger partial charge on any atom is 0.243 e. The van der Waals surface area contributed by atoms with Gasteiger partial charge in [-0.05, 0) is 37.9 Å². The number of carbonyl (C=O) groups is 1. The number of halogens is 2. The van der Waals surface area contributed by atoms with Gasteiger partial charge in [0.15, 0.2) is 11.5 Å². The monoisotopic (exact) mass is 716 g/mol. The molecule has 1 aromatic heterocycles. The molecule has 0 saturated carbocycles. The Labute approximate surface area is 298 Å². The van der Waals surface area contributed by atoms with E-state index in [-0.39, 0.29) is 6.61 Å². The van der Waals surface area contributed by atoms with Gasteiger partial charge in [-0.1, -0.05) is 36.0 Å². The summed E-state index contributed by atoms with van der Waals surface area (Å²) in [5, 5.41) is 14.6. The lowest BCUT2D eigenvalue weighted by molar-refractivity contribution is -0.123. The number of ether oxygens (including phenoxy) is 5. The van der Waals surface area contributed by atoms with Gasteiger partial charge in [-0.3, -0.25) is 9.78 Å². The third kappa shape index (κ3) is 11.8. The summed E-state index contributed by atoms with van der Waals surface area (Å²) in [5.74, 6) is 1.13. The zero-order chi connectivity index (χ0) is 35.0. The molecule has 3 aromatic rings. The molecule has 1 fully saturated rings. The van der Waals surface area contributed by atoms with Gasteiger partial charge in [-0.15, -0.1) is 0 Å². The molecule has 0 bridgehead atoms. The number of hydrogen-bond acceptors (Lipinski definition) is 11. The average Bonchev–Trinajstić information content (AvgIpc) is 3.10. The zero-order valence-corrected chi connectivity index (χ0v) is 29.8. The van der Waals surface area contributed by atoms with Crippen molar-refractivity contribution < 1.29 is 28.5 Å². The highest BCUT2D eigenvalue weighted by Crippen LogP contribution is 2.40. The molecule has 0 unspecified atom stereocenters. The number of nitrogens with two attached hydrogens (primary N) is 1. The molecule has 14 heteroatoms. The Morgan fingerprint density at radius 3 is 2.24 bits per heavy atom. The van der Waals surface area contributed by atoms with Crippen LogP contribution in [-0.2, 0) is 14.3 Å². The summed E-state index contributed by atoms with van der Waals surface area (Å²) in [7, 11) is 3.11. The van der Waals surface area contributed by atoms with Gasteiger partial charge in [-0.25, -0.2) is 0 Å². The third-order valence-corrected chi connectivity index (χ3v) is 8.85. The van der Waals surface area contributed by atoms with Gasteiger partial charge in [-0.2, -0.15) is 5.26 Å². The van der Waals surface area contributed by atoms with Gasteiger partial charge in [0.05, 0.1) is 66.5 Å². The topological polar surface area (TPSA) is 144 Å². The van der Waals surface area contributed by atoms with Crippen molar-refractivity contribution in [3.63, 3.8) is 0 Å². The highest BCUT2D eigenvalue weighted by molar-refractivity contribution is 6.37.